The molecular weight excluding hydrogens is 989 g/mol. The van der Waals surface area contributed by atoms with Crippen LogP contribution in [0.3, 0.4) is 0 Å². The molecule has 0 atom stereocenters. The monoisotopic (exact) mass is 1050 g/mol. The molecular formula is C73H62N8. The number of nitrogens with zero attached hydrogens (tertiary/aromatic N) is 8. The Kier molecular flexibility index (Phi) is 13.9. The van der Waals surface area contributed by atoms with Crippen LogP contribution in [0.15, 0.2) is 212 Å². The van der Waals surface area contributed by atoms with Gasteiger partial charge in [-0.2, -0.15) is 19.9 Å². The Morgan fingerprint density at radius 2 is 0.642 bits per heavy atom. The first-order valence-corrected chi connectivity index (χ1v) is 27.6. The number of benzene rings is 10. The van der Waals surface area contributed by atoms with E-state index >= 15 is 0 Å². The molecule has 0 bridgehead atoms. The summed E-state index contributed by atoms with van der Waals surface area (Å²) in [6.07, 6.45) is 0. The Morgan fingerprint density at radius 1 is 0.259 bits per heavy atom. The molecule has 0 saturated heterocycles. The zero-order valence-corrected chi connectivity index (χ0v) is 47.3. The summed E-state index contributed by atoms with van der Waals surface area (Å²) in [5, 5.41) is 2.19. The maximum atomic E-state index is 5.65. The van der Waals surface area contributed by atoms with E-state index in [2.05, 4.69) is 212 Å². The average Bonchev–Trinajstić information content (AvgIpc) is 3.68. The minimum atomic E-state index is 0.353. The van der Waals surface area contributed by atoms with Gasteiger partial charge >= 0.3 is 0 Å². The molecule has 8 nitrogen and oxygen atoms in total. The van der Waals surface area contributed by atoms with E-state index in [4.69, 9.17) is 29.9 Å². The summed E-state index contributed by atoms with van der Waals surface area (Å²) < 4.78 is 0. The van der Waals surface area contributed by atoms with Crippen molar-refractivity contribution in [3.05, 3.63) is 262 Å². The Bertz CT molecular complexity index is 4230. The third-order valence-electron chi connectivity index (χ3n) is 15.4. The number of fused-ring (bicyclic) bond motifs is 1. The second kappa shape index (κ2) is 21.7. The summed E-state index contributed by atoms with van der Waals surface area (Å²) >= 11 is 0. The van der Waals surface area contributed by atoms with Gasteiger partial charge in [0.05, 0.1) is 17.1 Å². The molecule has 0 aliphatic heterocycles. The fourth-order valence-corrected chi connectivity index (χ4v) is 11.7. The lowest BCUT2D eigenvalue weighted by atomic mass is 9.94. The van der Waals surface area contributed by atoms with Gasteiger partial charge in [-0.3, -0.25) is 0 Å². The van der Waals surface area contributed by atoms with Crippen molar-refractivity contribution < 1.29 is 0 Å². The largest absolute Gasteiger partial charge is 0.309 e. The van der Waals surface area contributed by atoms with Crippen LogP contribution < -0.4 is 9.80 Å². The zero-order chi connectivity index (χ0) is 55.9. The third-order valence-corrected chi connectivity index (χ3v) is 15.4. The Morgan fingerprint density at radius 3 is 1.15 bits per heavy atom. The maximum Gasteiger partial charge on any atom is 0.241 e. The fourth-order valence-electron chi connectivity index (χ4n) is 11.7. The van der Waals surface area contributed by atoms with E-state index in [-0.39, 0.29) is 0 Å². The Hall–Kier alpha value is -9.92. The highest BCUT2D eigenvalue weighted by Gasteiger charge is 2.31. The quantitative estimate of drug-likeness (QED) is 0.120. The fraction of sp³-hybridized carbons (Fsp3) is 0.123. The molecule has 12 aromatic rings. The van der Waals surface area contributed by atoms with E-state index in [0.29, 0.717) is 35.2 Å². The Labute approximate surface area is 475 Å². The molecule has 394 valence electrons. The highest BCUT2D eigenvalue weighted by Crippen LogP contribution is 2.49. The van der Waals surface area contributed by atoms with Gasteiger partial charge in [-0.1, -0.05) is 199 Å². The molecule has 0 aliphatic carbocycles. The van der Waals surface area contributed by atoms with Crippen molar-refractivity contribution in [1.82, 2.24) is 29.9 Å². The lowest BCUT2D eigenvalue weighted by Gasteiger charge is -2.35. The number of hydrogen-bond acceptors (Lipinski definition) is 8. The topological polar surface area (TPSA) is 83.8 Å². The summed E-state index contributed by atoms with van der Waals surface area (Å²) in [4.78, 5) is 37.5. The van der Waals surface area contributed by atoms with Crippen LogP contribution in [0.4, 0.5) is 34.6 Å². The van der Waals surface area contributed by atoms with E-state index in [1.165, 1.54) is 33.4 Å². The molecule has 10 aromatic carbocycles. The Balaban J connectivity index is 1.18. The summed E-state index contributed by atoms with van der Waals surface area (Å²) in [6.45, 7) is 19.9. The summed E-state index contributed by atoms with van der Waals surface area (Å²) in [6, 6.07) is 74.0. The molecule has 0 amide bonds. The van der Waals surface area contributed by atoms with Crippen molar-refractivity contribution in [1.29, 1.82) is 0 Å². The van der Waals surface area contributed by atoms with Gasteiger partial charge in [0.1, 0.15) is 0 Å². The van der Waals surface area contributed by atoms with Gasteiger partial charge in [0.25, 0.3) is 0 Å². The average molecular weight is 1050 g/mol. The highest BCUT2D eigenvalue weighted by molar-refractivity contribution is 5.96. The molecule has 8 heteroatoms. The first-order valence-electron chi connectivity index (χ1n) is 27.6. The number of anilines is 6. The normalized spacial score (nSPS) is 11.3. The number of aromatic nitrogens is 6. The van der Waals surface area contributed by atoms with Crippen LogP contribution in [-0.4, -0.2) is 29.9 Å². The predicted octanol–water partition coefficient (Wildman–Crippen LogP) is 18.9. The van der Waals surface area contributed by atoms with Crippen molar-refractivity contribution >= 4 is 45.4 Å². The van der Waals surface area contributed by atoms with Crippen LogP contribution in [0, 0.1) is 62.3 Å². The van der Waals surface area contributed by atoms with E-state index in [1.54, 1.807) is 0 Å². The van der Waals surface area contributed by atoms with Gasteiger partial charge in [-0.25, -0.2) is 14.9 Å². The van der Waals surface area contributed by atoms with Crippen LogP contribution >= 0.6 is 0 Å². The van der Waals surface area contributed by atoms with Gasteiger partial charge < -0.3 is 4.90 Å². The van der Waals surface area contributed by atoms with E-state index in [9.17, 15) is 0 Å². The van der Waals surface area contributed by atoms with Crippen LogP contribution in [0.5, 0.6) is 0 Å². The van der Waals surface area contributed by atoms with E-state index in [1.807, 2.05) is 72.8 Å². The van der Waals surface area contributed by atoms with E-state index in [0.717, 1.165) is 94.7 Å². The van der Waals surface area contributed by atoms with Crippen molar-refractivity contribution in [3.63, 3.8) is 0 Å². The summed E-state index contributed by atoms with van der Waals surface area (Å²) in [5.74, 6) is 2.73. The van der Waals surface area contributed by atoms with Crippen LogP contribution in [0.1, 0.15) is 50.1 Å². The number of aryl methyl sites for hydroxylation is 7. The number of hydrogen-bond donors (Lipinski definition) is 0. The molecule has 12 rings (SSSR count). The van der Waals surface area contributed by atoms with Gasteiger partial charge in [-0.05, 0) is 159 Å². The lowest BCUT2D eigenvalue weighted by Crippen LogP contribution is -2.22. The maximum absolute atomic E-state index is 5.65. The molecule has 0 fully saturated rings. The highest BCUT2D eigenvalue weighted by atomic mass is 15.4. The first-order chi connectivity index (χ1) is 39.4. The summed E-state index contributed by atoms with van der Waals surface area (Å²) in [7, 11) is 0. The van der Waals surface area contributed by atoms with Gasteiger partial charge in [-0.15, -0.1) is 0 Å². The molecule has 0 unspecified atom stereocenters. The smallest absolute Gasteiger partial charge is 0.241 e. The number of rotatable bonds is 12. The predicted molar refractivity (Wildman–Crippen MR) is 335 cm³/mol. The minimum Gasteiger partial charge on any atom is -0.309 e. The van der Waals surface area contributed by atoms with Gasteiger partial charge in [0, 0.05) is 27.9 Å². The van der Waals surface area contributed by atoms with E-state index < -0.39 is 0 Å². The molecule has 0 spiro atoms. The molecule has 0 saturated carbocycles. The first kappa shape index (κ1) is 51.8. The molecule has 0 N–H and O–H groups in total. The lowest BCUT2D eigenvalue weighted by molar-refractivity contribution is 0.956. The van der Waals surface area contributed by atoms with Crippen molar-refractivity contribution in [2.75, 3.05) is 9.80 Å². The SMILES string of the molecule is Cc1cc(C)c(N(c2cc(C)c(N(c3nc(-c4ccccc4)nc(-c4cccc(-c5ccccc5)c4)n3)c3nc(-c4ccccc4)nc(-c4cc5ccccc5cc4-c4ccccc4)n3)c(C)c2C)c2c(C)cc(C)cc2C)c(C)c1. The second-order valence-corrected chi connectivity index (χ2v) is 21.3. The van der Waals surface area contributed by atoms with Gasteiger partial charge in [0.15, 0.2) is 23.3 Å². The van der Waals surface area contributed by atoms with Crippen LogP contribution in [0.2, 0.25) is 0 Å². The summed E-state index contributed by atoms with van der Waals surface area (Å²) in [5.41, 5.74) is 22.1. The van der Waals surface area contributed by atoms with Gasteiger partial charge in [0.2, 0.25) is 11.9 Å². The van der Waals surface area contributed by atoms with Crippen molar-refractivity contribution in [3.8, 4) is 67.8 Å². The molecule has 0 aliphatic rings. The molecule has 81 heavy (non-hydrogen) atoms. The third kappa shape index (κ3) is 10.1. The molecule has 2 heterocycles. The molecule has 2 aromatic heterocycles. The minimum absolute atomic E-state index is 0.353. The van der Waals surface area contributed by atoms with Crippen LogP contribution in [0.25, 0.3) is 78.6 Å². The van der Waals surface area contributed by atoms with Crippen molar-refractivity contribution in [2.24, 2.45) is 0 Å². The van der Waals surface area contributed by atoms with Crippen molar-refractivity contribution in [2.45, 2.75) is 62.3 Å². The standard InChI is InChI=1S/C73H62N8/c1-45-37-47(3)65(48(4)38-45)80(66-49(5)39-46(2)40-50(66)6)64-41-51(7)67(53(9)52(64)8)81(72-76-68(56-29-18-12-19-30-56)74-70(78-72)61-36-24-35-58(42-61)54-25-14-10-15-26-54)73-77-69(57-31-20-13-21-32-57)75-71(79-73)63-44-60-34-23-22-33-59(60)43-62(63)55-27-16-11-17-28-55/h10-44H,1-9H3. The van der Waals surface area contributed by atoms with Crippen LogP contribution in [-0.2, 0) is 0 Å². The zero-order valence-electron chi connectivity index (χ0n) is 47.3. The second-order valence-electron chi connectivity index (χ2n) is 21.3. The molecule has 0 radical (unpaired) electrons.